The summed E-state index contributed by atoms with van der Waals surface area (Å²) >= 11 is 0. The molecule has 1 unspecified atom stereocenters. The second kappa shape index (κ2) is 16.3. The molecule has 4 aromatic rings. The molecule has 1 saturated carbocycles. The monoisotopic (exact) mass is 633 g/mol. The molecule has 1 heterocycles. The van der Waals surface area contributed by atoms with E-state index in [9.17, 15) is 5.11 Å². The van der Waals surface area contributed by atoms with Crippen LogP contribution in [-0.4, -0.2) is 28.9 Å². The number of phenolic OH excluding ortho intramolecular Hbond substituents is 1. The predicted octanol–water partition coefficient (Wildman–Crippen LogP) is 11.3. The Hall–Kier alpha value is -3.83. The van der Waals surface area contributed by atoms with Crippen molar-refractivity contribution in [1.82, 2.24) is 4.98 Å². The van der Waals surface area contributed by atoms with E-state index in [1.54, 1.807) is 12.1 Å². The molecular formula is C42H51NO4. The Morgan fingerprint density at radius 2 is 1.64 bits per heavy atom. The number of rotatable bonds is 16. The molecule has 0 spiro atoms. The van der Waals surface area contributed by atoms with Crippen molar-refractivity contribution in [2.75, 3.05) is 13.2 Å². The summed E-state index contributed by atoms with van der Waals surface area (Å²) in [6.45, 7) is 3.71. The quantitative estimate of drug-likeness (QED) is 0.124. The average molecular weight is 634 g/mol. The van der Waals surface area contributed by atoms with Crippen LogP contribution in [0.4, 0.5) is 0 Å². The van der Waals surface area contributed by atoms with Crippen LogP contribution in [0.5, 0.6) is 11.5 Å². The van der Waals surface area contributed by atoms with E-state index in [-0.39, 0.29) is 11.4 Å². The van der Waals surface area contributed by atoms with Gasteiger partial charge in [0, 0.05) is 12.7 Å². The van der Waals surface area contributed by atoms with Crippen LogP contribution in [0.25, 0.3) is 28.1 Å². The SMILES string of the molecule is CCCCCC1CCC(C2(OCCCCCCOc3ccc(-c4nc5ccccc5o4)c(O)c3)C=CC(c3ccccc3)=CC2)CC1. The van der Waals surface area contributed by atoms with Gasteiger partial charge in [0.05, 0.1) is 17.8 Å². The van der Waals surface area contributed by atoms with Gasteiger partial charge in [0.2, 0.25) is 5.89 Å². The Morgan fingerprint density at radius 3 is 2.38 bits per heavy atom. The lowest BCUT2D eigenvalue weighted by atomic mass is 9.69. The van der Waals surface area contributed by atoms with Crippen molar-refractivity contribution in [1.29, 1.82) is 0 Å². The van der Waals surface area contributed by atoms with Crippen LogP contribution in [0.15, 0.2) is 95.4 Å². The third-order valence-corrected chi connectivity index (χ3v) is 10.2. The fraction of sp³-hybridized carbons (Fsp3) is 0.452. The second-order valence-electron chi connectivity index (χ2n) is 13.5. The summed E-state index contributed by atoms with van der Waals surface area (Å²) in [6.07, 6.45) is 23.0. The Balaban J connectivity index is 0.950. The van der Waals surface area contributed by atoms with Crippen molar-refractivity contribution < 1.29 is 19.0 Å². The van der Waals surface area contributed by atoms with Crippen LogP contribution in [0, 0.1) is 11.8 Å². The number of nitrogens with zero attached hydrogens (tertiary/aromatic N) is 1. The van der Waals surface area contributed by atoms with Crippen LogP contribution in [0.3, 0.4) is 0 Å². The molecule has 0 aliphatic heterocycles. The smallest absolute Gasteiger partial charge is 0.231 e. The lowest BCUT2D eigenvalue weighted by Crippen LogP contribution is -2.42. The lowest BCUT2D eigenvalue weighted by Gasteiger charge is -2.43. The van der Waals surface area contributed by atoms with Gasteiger partial charge in [0.15, 0.2) is 5.58 Å². The van der Waals surface area contributed by atoms with E-state index in [1.165, 1.54) is 62.5 Å². The summed E-state index contributed by atoms with van der Waals surface area (Å²) < 4.78 is 18.7. The predicted molar refractivity (Wildman–Crippen MR) is 192 cm³/mol. The van der Waals surface area contributed by atoms with Crippen molar-refractivity contribution in [3.63, 3.8) is 0 Å². The second-order valence-corrected chi connectivity index (χ2v) is 13.5. The van der Waals surface area contributed by atoms with E-state index in [0.717, 1.165) is 50.1 Å². The highest BCUT2D eigenvalue weighted by atomic mass is 16.5. The third kappa shape index (κ3) is 8.56. The molecule has 2 aliphatic carbocycles. The summed E-state index contributed by atoms with van der Waals surface area (Å²) in [5.41, 5.74) is 4.45. The standard InChI is InChI=1S/C42H51NO4/c1-2-3-7-14-32-19-21-35(22-20-32)42(27-25-34(26-28-42)33-15-8-6-9-16-33)46-30-13-5-4-12-29-45-36-23-24-37(39(44)31-36)41-43-38-17-10-11-18-40(38)47-41/h6,8-11,15-18,23-27,31-32,35,44H,2-5,7,12-14,19-22,28-30H2,1H3. The maximum Gasteiger partial charge on any atom is 0.231 e. The van der Waals surface area contributed by atoms with E-state index < -0.39 is 0 Å². The Morgan fingerprint density at radius 1 is 0.851 bits per heavy atom. The van der Waals surface area contributed by atoms with Gasteiger partial charge >= 0.3 is 0 Å². The molecule has 3 aromatic carbocycles. The first-order valence-electron chi connectivity index (χ1n) is 18.0. The number of ether oxygens (including phenoxy) is 2. The van der Waals surface area contributed by atoms with Gasteiger partial charge in [-0.15, -0.1) is 0 Å². The third-order valence-electron chi connectivity index (χ3n) is 10.2. The Labute approximate surface area is 280 Å². The van der Waals surface area contributed by atoms with Gasteiger partial charge in [0.25, 0.3) is 0 Å². The van der Waals surface area contributed by atoms with E-state index in [2.05, 4.69) is 60.5 Å². The molecule has 0 bridgehead atoms. The Kier molecular flexibility index (Phi) is 11.5. The number of fused-ring (bicyclic) bond motifs is 1. The first-order valence-corrected chi connectivity index (χ1v) is 18.0. The van der Waals surface area contributed by atoms with Crippen molar-refractivity contribution in [2.45, 2.75) is 96.0 Å². The zero-order valence-electron chi connectivity index (χ0n) is 28.0. The van der Waals surface area contributed by atoms with Crippen LogP contribution in [0.2, 0.25) is 0 Å². The van der Waals surface area contributed by atoms with Gasteiger partial charge in [-0.1, -0.05) is 113 Å². The molecule has 248 valence electrons. The fourth-order valence-corrected chi connectivity index (χ4v) is 7.41. The number of aromatic hydroxyl groups is 1. The van der Waals surface area contributed by atoms with Crippen LogP contribution < -0.4 is 4.74 Å². The lowest BCUT2D eigenvalue weighted by molar-refractivity contribution is -0.0648. The first kappa shape index (κ1) is 33.1. The average Bonchev–Trinajstić information content (AvgIpc) is 3.55. The number of aromatic nitrogens is 1. The van der Waals surface area contributed by atoms with Crippen molar-refractivity contribution in [3.05, 3.63) is 96.6 Å². The number of hydrogen-bond acceptors (Lipinski definition) is 5. The van der Waals surface area contributed by atoms with E-state index in [1.807, 2.05) is 30.3 Å². The number of unbranched alkanes of at least 4 members (excludes halogenated alkanes) is 5. The minimum absolute atomic E-state index is 0.104. The summed E-state index contributed by atoms with van der Waals surface area (Å²) in [6, 6.07) is 23.6. The number of oxazole rings is 1. The number of allylic oxidation sites excluding steroid dienone is 2. The summed E-state index contributed by atoms with van der Waals surface area (Å²) in [7, 11) is 0. The summed E-state index contributed by atoms with van der Waals surface area (Å²) in [5, 5.41) is 10.6. The maximum atomic E-state index is 10.6. The molecule has 0 amide bonds. The first-order chi connectivity index (χ1) is 23.1. The van der Waals surface area contributed by atoms with Crippen molar-refractivity contribution in [2.24, 2.45) is 11.8 Å². The van der Waals surface area contributed by atoms with E-state index in [4.69, 9.17) is 13.9 Å². The molecule has 47 heavy (non-hydrogen) atoms. The molecule has 5 heteroatoms. The number of hydrogen-bond donors (Lipinski definition) is 1. The molecule has 5 nitrogen and oxygen atoms in total. The molecular weight excluding hydrogens is 582 g/mol. The molecule has 1 fully saturated rings. The van der Waals surface area contributed by atoms with Crippen molar-refractivity contribution >= 4 is 16.7 Å². The Bertz CT molecular complexity index is 1580. The zero-order valence-corrected chi connectivity index (χ0v) is 28.0. The number of para-hydroxylation sites is 2. The molecule has 2 aliphatic rings. The van der Waals surface area contributed by atoms with Crippen LogP contribution >= 0.6 is 0 Å². The van der Waals surface area contributed by atoms with Crippen molar-refractivity contribution in [3.8, 4) is 23.0 Å². The van der Waals surface area contributed by atoms with Gasteiger partial charge in [-0.2, -0.15) is 0 Å². The van der Waals surface area contributed by atoms with Gasteiger partial charge < -0.3 is 19.0 Å². The number of benzene rings is 3. The normalized spacial score (nSPS) is 21.2. The molecule has 1 aromatic heterocycles. The largest absolute Gasteiger partial charge is 0.507 e. The minimum atomic E-state index is -0.179. The highest BCUT2D eigenvalue weighted by molar-refractivity contribution is 5.77. The fourth-order valence-electron chi connectivity index (χ4n) is 7.41. The van der Waals surface area contributed by atoms with Gasteiger partial charge in [-0.3, -0.25) is 0 Å². The van der Waals surface area contributed by atoms with Crippen LogP contribution in [-0.2, 0) is 4.74 Å². The van der Waals surface area contributed by atoms with Gasteiger partial charge in [-0.25, -0.2) is 4.98 Å². The minimum Gasteiger partial charge on any atom is -0.507 e. The van der Waals surface area contributed by atoms with E-state index >= 15 is 0 Å². The van der Waals surface area contributed by atoms with Crippen LogP contribution in [0.1, 0.15) is 96.0 Å². The number of phenols is 1. The topological polar surface area (TPSA) is 64.7 Å². The summed E-state index contributed by atoms with van der Waals surface area (Å²) in [5.74, 6) is 2.65. The highest BCUT2D eigenvalue weighted by Crippen LogP contribution is 2.44. The zero-order chi connectivity index (χ0) is 32.3. The summed E-state index contributed by atoms with van der Waals surface area (Å²) in [4.78, 5) is 4.49. The van der Waals surface area contributed by atoms with E-state index in [0.29, 0.717) is 35.3 Å². The van der Waals surface area contributed by atoms with Gasteiger partial charge in [-0.05, 0) is 85.8 Å². The molecule has 0 radical (unpaired) electrons. The maximum absolute atomic E-state index is 10.6. The molecule has 0 saturated heterocycles. The molecule has 1 atom stereocenters. The molecule has 6 rings (SSSR count). The van der Waals surface area contributed by atoms with Gasteiger partial charge in [0.1, 0.15) is 17.0 Å². The highest BCUT2D eigenvalue weighted by Gasteiger charge is 2.40. The molecule has 1 N–H and O–H groups in total.